The molecule has 5 aliphatic rings. The first-order valence-electron chi connectivity index (χ1n) is 10.5. The number of nitrogens with two attached hydrogens (primary N) is 1. The zero-order chi connectivity index (χ0) is 19.3. The fourth-order valence-electron chi connectivity index (χ4n) is 7.69. The monoisotopic (exact) mass is 401 g/mol. The lowest BCUT2D eigenvalue weighted by Crippen LogP contribution is -2.88. The topological polar surface area (TPSA) is 92.5 Å². The van der Waals surface area contributed by atoms with E-state index in [4.69, 9.17) is 5.73 Å². The Labute approximate surface area is 165 Å². The summed E-state index contributed by atoms with van der Waals surface area (Å²) in [5.74, 6) is 2.91. The van der Waals surface area contributed by atoms with Crippen molar-refractivity contribution in [2.45, 2.75) is 37.0 Å². The number of nitrogens with one attached hydrogen (secondary N) is 1. The van der Waals surface area contributed by atoms with Crippen LogP contribution >= 0.6 is 0 Å². The standard InChI is InChI=1S/C21H27N3O3S/c22-17-1-3-18(4-2-17)28(26,27)24-6-5-13(12-24)11-23-19(25)20-9-15-7-14-8-16(10-20)21(14,15)20/h1-4,13-16H,5-12,22H2,(H,23,25)/t13?,14?,15-,16?,20?,21?/m1/s1. The number of hydrogen-bond donors (Lipinski definition) is 2. The molecule has 6 nitrogen and oxygen atoms in total. The first-order chi connectivity index (χ1) is 13.4. The van der Waals surface area contributed by atoms with Gasteiger partial charge in [0.15, 0.2) is 0 Å². The van der Waals surface area contributed by atoms with Crippen molar-refractivity contribution in [1.82, 2.24) is 9.62 Å². The summed E-state index contributed by atoms with van der Waals surface area (Å²) in [7, 11) is -3.49. The molecule has 28 heavy (non-hydrogen) atoms. The molecule has 0 radical (unpaired) electrons. The van der Waals surface area contributed by atoms with Crippen LogP contribution in [0.15, 0.2) is 29.2 Å². The molecule has 4 saturated carbocycles. The molecule has 150 valence electrons. The van der Waals surface area contributed by atoms with E-state index in [2.05, 4.69) is 5.32 Å². The predicted octanol–water partition coefficient (Wildman–Crippen LogP) is 1.83. The molecule has 4 aliphatic carbocycles. The average Bonchev–Trinajstić information content (AvgIpc) is 3.08. The highest BCUT2D eigenvalue weighted by atomic mass is 32.2. The number of carbonyl (C=O) groups excluding carboxylic acids is 1. The Morgan fingerprint density at radius 2 is 1.82 bits per heavy atom. The second kappa shape index (κ2) is 5.30. The van der Waals surface area contributed by atoms with Crippen molar-refractivity contribution in [2.75, 3.05) is 25.4 Å². The van der Waals surface area contributed by atoms with Gasteiger partial charge in [0.05, 0.1) is 10.3 Å². The quantitative estimate of drug-likeness (QED) is 0.736. The van der Waals surface area contributed by atoms with Crippen LogP contribution in [0.4, 0.5) is 5.69 Å². The van der Waals surface area contributed by atoms with E-state index in [0.29, 0.717) is 30.7 Å². The highest BCUT2D eigenvalue weighted by molar-refractivity contribution is 7.89. The lowest BCUT2D eigenvalue weighted by atomic mass is 9.13. The molecule has 0 bridgehead atoms. The molecule has 1 saturated heterocycles. The minimum atomic E-state index is -3.49. The molecule has 3 N–H and O–H groups in total. The second-order valence-electron chi connectivity index (χ2n) is 9.78. The smallest absolute Gasteiger partial charge is 0.243 e. The number of carbonyl (C=O) groups is 1. The van der Waals surface area contributed by atoms with Crippen LogP contribution in [0.1, 0.15) is 32.1 Å². The van der Waals surface area contributed by atoms with Crippen LogP contribution < -0.4 is 11.1 Å². The Morgan fingerprint density at radius 3 is 2.43 bits per heavy atom. The molecular weight excluding hydrogens is 374 g/mol. The van der Waals surface area contributed by atoms with Gasteiger partial charge in [-0.3, -0.25) is 4.79 Å². The lowest BCUT2D eigenvalue weighted by Gasteiger charge is -2.90. The molecule has 1 aliphatic heterocycles. The number of sulfonamides is 1. The van der Waals surface area contributed by atoms with Gasteiger partial charge in [0.2, 0.25) is 15.9 Å². The maximum atomic E-state index is 13.0. The van der Waals surface area contributed by atoms with E-state index >= 15 is 0 Å². The van der Waals surface area contributed by atoms with E-state index in [9.17, 15) is 13.2 Å². The van der Waals surface area contributed by atoms with Gasteiger partial charge in [0, 0.05) is 25.3 Å². The molecule has 5 unspecified atom stereocenters. The third-order valence-electron chi connectivity index (χ3n) is 8.94. The van der Waals surface area contributed by atoms with Gasteiger partial charge in [-0.1, -0.05) is 0 Å². The van der Waals surface area contributed by atoms with E-state index in [1.165, 1.54) is 12.8 Å². The molecule has 1 amide bonds. The van der Waals surface area contributed by atoms with E-state index < -0.39 is 10.0 Å². The minimum Gasteiger partial charge on any atom is -0.399 e. The maximum absolute atomic E-state index is 13.0. The largest absolute Gasteiger partial charge is 0.399 e. The number of amides is 1. The average molecular weight is 402 g/mol. The fourth-order valence-corrected chi connectivity index (χ4v) is 9.22. The van der Waals surface area contributed by atoms with Crippen molar-refractivity contribution < 1.29 is 13.2 Å². The van der Waals surface area contributed by atoms with Gasteiger partial charge in [-0.05, 0) is 85.5 Å². The molecular formula is C21H27N3O3S. The summed E-state index contributed by atoms with van der Waals surface area (Å²) in [6.45, 7) is 1.57. The van der Waals surface area contributed by atoms with Gasteiger partial charge in [-0.15, -0.1) is 0 Å². The summed E-state index contributed by atoms with van der Waals surface area (Å²) in [6, 6.07) is 6.36. The molecule has 6 rings (SSSR count). The van der Waals surface area contributed by atoms with Crippen LogP contribution in [0.25, 0.3) is 0 Å². The van der Waals surface area contributed by atoms with Gasteiger partial charge in [0.25, 0.3) is 0 Å². The third kappa shape index (κ3) is 1.83. The summed E-state index contributed by atoms with van der Waals surface area (Å²) in [5, 5.41) is 3.21. The fraction of sp³-hybridized carbons (Fsp3) is 0.667. The maximum Gasteiger partial charge on any atom is 0.243 e. The number of nitrogen functional groups attached to an aromatic ring is 1. The number of nitrogens with zero attached hydrogens (tertiary/aromatic N) is 1. The first kappa shape index (κ1) is 17.3. The summed E-state index contributed by atoms with van der Waals surface area (Å²) in [5.41, 5.74) is 6.56. The Bertz CT molecular complexity index is 932. The van der Waals surface area contributed by atoms with Gasteiger partial charge in [0.1, 0.15) is 0 Å². The first-order valence-corrected chi connectivity index (χ1v) is 12.0. The van der Waals surface area contributed by atoms with Crippen molar-refractivity contribution >= 4 is 21.6 Å². The van der Waals surface area contributed by atoms with Crippen LogP contribution in [0.5, 0.6) is 0 Å². The van der Waals surface area contributed by atoms with E-state index in [0.717, 1.165) is 37.0 Å². The second-order valence-corrected chi connectivity index (χ2v) is 11.7. The Balaban J connectivity index is 1.07. The molecule has 6 atom stereocenters. The van der Waals surface area contributed by atoms with E-state index in [1.54, 1.807) is 28.6 Å². The number of anilines is 1. The molecule has 5 fully saturated rings. The van der Waals surface area contributed by atoms with Gasteiger partial charge >= 0.3 is 0 Å². The Hall–Kier alpha value is -1.60. The molecule has 7 heteroatoms. The van der Waals surface area contributed by atoms with E-state index in [-0.39, 0.29) is 22.1 Å². The zero-order valence-corrected chi connectivity index (χ0v) is 16.7. The summed E-state index contributed by atoms with van der Waals surface area (Å²) >= 11 is 0. The molecule has 1 spiro atoms. The van der Waals surface area contributed by atoms with Crippen LogP contribution in [0.2, 0.25) is 0 Å². The molecule has 1 aromatic rings. The Morgan fingerprint density at radius 1 is 1.14 bits per heavy atom. The van der Waals surface area contributed by atoms with Gasteiger partial charge in [-0.2, -0.15) is 4.31 Å². The summed E-state index contributed by atoms with van der Waals surface area (Å²) < 4.78 is 27.2. The number of benzene rings is 1. The normalized spacial score (nSPS) is 42.9. The highest BCUT2D eigenvalue weighted by Gasteiger charge is 2.89. The van der Waals surface area contributed by atoms with Crippen LogP contribution in [-0.2, 0) is 14.8 Å². The number of rotatable bonds is 5. The predicted molar refractivity (Wildman–Crippen MR) is 105 cm³/mol. The van der Waals surface area contributed by atoms with Crippen LogP contribution in [0.3, 0.4) is 0 Å². The summed E-state index contributed by atoms with van der Waals surface area (Å²) in [4.78, 5) is 13.3. The van der Waals surface area contributed by atoms with E-state index in [1.807, 2.05) is 0 Å². The number of hydrogen-bond acceptors (Lipinski definition) is 4. The molecule has 0 aromatic heterocycles. The van der Waals surface area contributed by atoms with Crippen molar-refractivity contribution in [1.29, 1.82) is 0 Å². The van der Waals surface area contributed by atoms with Crippen LogP contribution in [0, 0.1) is 34.5 Å². The lowest BCUT2D eigenvalue weighted by molar-refractivity contribution is -0.413. The van der Waals surface area contributed by atoms with Crippen molar-refractivity contribution in [2.24, 2.45) is 34.5 Å². The Kier molecular flexibility index (Phi) is 3.27. The van der Waals surface area contributed by atoms with Gasteiger partial charge in [-0.25, -0.2) is 8.42 Å². The zero-order valence-electron chi connectivity index (χ0n) is 15.9. The summed E-state index contributed by atoms with van der Waals surface area (Å²) in [6.07, 6.45) is 5.68. The van der Waals surface area contributed by atoms with Gasteiger partial charge < -0.3 is 11.1 Å². The highest BCUT2D eigenvalue weighted by Crippen LogP contribution is 2.92. The SMILES string of the molecule is Nc1ccc(S(=O)(=O)N2CCC(CNC(=O)C34CC5CC6C[C@H](C3)C654)C2)cc1. The van der Waals surface area contributed by atoms with Crippen molar-refractivity contribution in [3.05, 3.63) is 24.3 Å². The van der Waals surface area contributed by atoms with Crippen LogP contribution in [-0.4, -0.2) is 38.3 Å². The van der Waals surface area contributed by atoms with Crippen molar-refractivity contribution in [3.8, 4) is 0 Å². The minimum absolute atomic E-state index is 0.0577. The van der Waals surface area contributed by atoms with Crippen molar-refractivity contribution in [3.63, 3.8) is 0 Å². The molecule has 1 heterocycles. The molecule has 1 aromatic carbocycles. The third-order valence-corrected chi connectivity index (χ3v) is 10.8.